The van der Waals surface area contributed by atoms with Crippen LogP contribution < -0.4 is 10.5 Å². The van der Waals surface area contributed by atoms with Crippen LogP contribution in [0, 0.1) is 0 Å². The fourth-order valence-electron chi connectivity index (χ4n) is 3.00. The van der Waals surface area contributed by atoms with Gasteiger partial charge in [-0.3, -0.25) is 9.78 Å². The van der Waals surface area contributed by atoms with Crippen LogP contribution in [0.25, 0.3) is 5.57 Å². The molecule has 148 valence electrons. The molecule has 0 spiro atoms. The lowest BCUT2D eigenvalue weighted by atomic mass is 9.90. The van der Waals surface area contributed by atoms with Gasteiger partial charge in [0.1, 0.15) is 5.82 Å². The molecule has 0 radical (unpaired) electrons. The van der Waals surface area contributed by atoms with E-state index in [2.05, 4.69) is 15.8 Å². The summed E-state index contributed by atoms with van der Waals surface area (Å²) in [5, 5.41) is -0.304. The molecular formula is C20H24N4O3S. The van der Waals surface area contributed by atoms with Gasteiger partial charge in [0.05, 0.1) is 11.3 Å². The number of rotatable bonds is 4. The fourth-order valence-corrected chi connectivity index (χ4v) is 3.94. The molecule has 8 heteroatoms. The second-order valence-corrected chi connectivity index (χ2v) is 9.43. The van der Waals surface area contributed by atoms with Crippen LogP contribution in [0.4, 0.5) is 5.82 Å². The normalized spacial score (nSPS) is 14.6. The van der Waals surface area contributed by atoms with Gasteiger partial charge in [0, 0.05) is 11.1 Å². The Hall–Kier alpha value is -2.74. The number of nitrogens with two attached hydrogens (primary N) is 1. The third kappa shape index (κ3) is 4.22. The second kappa shape index (κ2) is 7.35. The first kappa shape index (κ1) is 20.0. The highest BCUT2D eigenvalue weighted by molar-refractivity contribution is 7.90. The first-order valence-corrected chi connectivity index (χ1v) is 10.6. The molecule has 0 aliphatic heterocycles. The van der Waals surface area contributed by atoms with Crippen LogP contribution in [0.15, 0.2) is 41.4 Å². The minimum Gasteiger partial charge on any atom is -0.384 e. The Kier molecular flexibility index (Phi) is 5.25. The molecule has 2 heterocycles. The number of amides is 1. The van der Waals surface area contributed by atoms with E-state index in [0.29, 0.717) is 5.69 Å². The van der Waals surface area contributed by atoms with Crippen molar-refractivity contribution >= 4 is 27.3 Å². The van der Waals surface area contributed by atoms with Gasteiger partial charge in [-0.25, -0.2) is 9.71 Å². The maximum Gasteiger partial charge on any atom is 0.281 e. The van der Waals surface area contributed by atoms with Crippen LogP contribution in [0.3, 0.4) is 0 Å². The van der Waals surface area contributed by atoms with E-state index in [0.717, 1.165) is 30.5 Å². The van der Waals surface area contributed by atoms with Crippen molar-refractivity contribution in [2.24, 2.45) is 0 Å². The third-order valence-electron chi connectivity index (χ3n) is 4.50. The van der Waals surface area contributed by atoms with E-state index in [-0.39, 0.29) is 21.8 Å². The summed E-state index contributed by atoms with van der Waals surface area (Å²) < 4.78 is 27.2. The Morgan fingerprint density at radius 3 is 2.50 bits per heavy atom. The van der Waals surface area contributed by atoms with Gasteiger partial charge in [-0.1, -0.05) is 32.9 Å². The highest BCUT2D eigenvalue weighted by Crippen LogP contribution is 2.31. The summed E-state index contributed by atoms with van der Waals surface area (Å²) in [6.07, 6.45) is 4.77. The van der Waals surface area contributed by atoms with Crippen LogP contribution in [-0.2, 0) is 15.4 Å². The first-order valence-electron chi connectivity index (χ1n) is 9.08. The molecule has 0 saturated heterocycles. The first-order chi connectivity index (χ1) is 13.1. The van der Waals surface area contributed by atoms with E-state index < -0.39 is 15.9 Å². The summed E-state index contributed by atoms with van der Waals surface area (Å²) in [5.74, 6) is -0.677. The van der Waals surface area contributed by atoms with E-state index in [4.69, 9.17) is 10.7 Å². The number of anilines is 1. The Morgan fingerprint density at radius 1 is 1.14 bits per heavy atom. The van der Waals surface area contributed by atoms with E-state index in [1.807, 2.05) is 20.8 Å². The number of hydrogen-bond donors (Lipinski definition) is 2. The molecule has 3 rings (SSSR count). The minimum atomic E-state index is -4.15. The van der Waals surface area contributed by atoms with Gasteiger partial charge in [0.15, 0.2) is 5.03 Å². The number of hydrogen-bond acceptors (Lipinski definition) is 6. The zero-order chi connectivity index (χ0) is 20.5. The fraction of sp³-hybridized carbons (Fsp3) is 0.350. The van der Waals surface area contributed by atoms with E-state index in [9.17, 15) is 13.2 Å². The van der Waals surface area contributed by atoms with Gasteiger partial charge in [-0.15, -0.1) is 0 Å². The molecule has 0 saturated carbocycles. The van der Waals surface area contributed by atoms with Crippen molar-refractivity contribution in [2.75, 3.05) is 5.73 Å². The average molecular weight is 401 g/mol. The van der Waals surface area contributed by atoms with Crippen LogP contribution in [0.1, 0.15) is 61.8 Å². The summed E-state index contributed by atoms with van der Waals surface area (Å²) in [6.45, 7) is 6.12. The molecule has 0 fully saturated rings. The van der Waals surface area contributed by atoms with Crippen molar-refractivity contribution < 1.29 is 13.2 Å². The van der Waals surface area contributed by atoms with E-state index in [1.165, 1.54) is 18.2 Å². The number of nitrogens with one attached hydrogen (secondary N) is 1. The van der Waals surface area contributed by atoms with Gasteiger partial charge in [-0.2, -0.15) is 8.42 Å². The number of pyridine rings is 2. The number of carbonyl (C=O) groups excluding carboxylic acids is 1. The standard InChI is InChI=1S/C20H24N4O3S/c1-20(2,3)15-12-11-14(18(22-15)13-7-4-5-8-13)19(25)24-28(26,27)17-10-6-9-16(21)23-17/h6-7,9-12H,4-5,8H2,1-3H3,(H2,21,23)(H,24,25). The predicted molar refractivity (Wildman–Crippen MR) is 108 cm³/mol. The zero-order valence-electron chi connectivity index (χ0n) is 16.2. The Balaban J connectivity index is 1.99. The van der Waals surface area contributed by atoms with Gasteiger partial charge < -0.3 is 5.73 Å². The summed E-state index contributed by atoms with van der Waals surface area (Å²) in [4.78, 5) is 21.3. The SMILES string of the molecule is CC(C)(C)c1ccc(C(=O)NS(=O)(=O)c2cccc(N)n2)c(C2=CCCC2)n1. The van der Waals surface area contributed by atoms with E-state index in [1.54, 1.807) is 12.1 Å². The van der Waals surface area contributed by atoms with Crippen LogP contribution >= 0.6 is 0 Å². The Morgan fingerprint density at radius 2 is 1.89 bits per heavy atom. The topological polar surface area (TPSA) is 115 Å². The smallest absolute Gasteiger partial charge is 0.281 e. The number of nitrogens with zero attached hydrogens (tertiary/aromatic N) is 2. The molecule has 1 amide bonds. The average Bonchev–Trinajstić information content (AvgIpc) is 3.14. The van der Waals surface area contributed by atoms with Gasteiger partial charge in [0.25, 0.3) is 15.9 Å². The molecule has 0 unspecified atom stereocenters. The third-order valence-corrected chi connectivity index (χ3v) is 5.73. The Bertz CT molecular complexity index is 1050. The molecule has 1 aliphatic rings. The highest BCUT2D eigenvalue weighted by atomic mass is 32.2. The summed E-state index contributed by atoms with van der Waals surface area (Å²) in [6, 6.07) is 7.63. The quantitative estimate of drug-likeness (QED) is 0.815. The van der Waals surface area contributed by atoms with Crippen molar-refractivity contribution in [1.29, 1.82) is 0 Å². The van der Waals surface area contributed by atoms with Crippen molar-refractivity contribution in [3.63, 3.8) is 0 Å². The number of carbonyl (C=O) groups is 1. The van der Waals surface area contributed by atoms with Crippen molar-refractivity contribution in [3.05, 3.63) is 53.4 Å². The summed E-state index contributed by atoms with van der Waals surface area (Å²) in [5.41, 5.74) is 7.94. The number of allylic oxidation sites excluding steroid dienone is 2. The molecule has 28 heavy (non-hydrogen) atoms. The van der Waals surface area contributed by atoms with Crippen LogP contribution in [0.5, 0.6) is 0 Å². The molecule has 0 bridgehead atoms. The number of aromatic nitrogens is 2. The Labute approximate surface area is 165 Å². The maximum absolute atomic E-state index is 12.8. The summed E-state index contributed by atoms with van der Waals surface area (Å²) in [7, 11) is -4.15. The van der Waals surface area contributed by atoms with E-state index >= 15 is 0 Å². The lowest BCUT2D eigenvalue weighted by Crippen LogP contribution is -2.32. The zero-order valence-corrected chi connectivity index (χ0v) is 17.0. The molecule has 0 aromatic carbocycles. The monoisotopic (exact) mass is 400 g/mol. The number of nitrogen functional groups attached to an aromatic ring is 1. The predicted octanol–water partition coefficient (Wildman–Crippen LogP) is 3.04. The highest BCUT2D eigenvalue weighted by Gasteiger charge is 2.26. The van der Waals surface area contributed by atoms with Gasteiger partial charge in [0.2, 0.25) is 0 Å². The number of sulfonamides is 1. The van der Waals surface area contributed by atoms with Gasteiger partial charge in [-0.05, 0) is 49.1 Å². The van der Waals surface area contributed by atoms with Crippen molar-refractivity contribution in [2.45, 2.75) is 50.5 Å². The molecule has 1 aliphatic carbocycles. The van der Waals surface area contributed by atoms with Gasteiger partial charge >= 0.3 is 0 Å². The van der Waals surface area contributed by atoms with Crippen molar-refractivity contribution in [3.8, 4) is 0 Å². The molecule has 2 aromatic heterocycles. The lowest BCUT2D eigenvalue weighted by molar-refractivity contribution is 0.0980. The summed E-state index contributed by atoms with van der Waals surface area (Å²) >= 11 is 0. The minimum absolute atomic E-state index is 0.0586. The lowest BCUT2D eigenvalue weighted by Gasteiger charge is -2.20. The molecule has 0 atom stereocenters. The molecule has 3 N–H and O–H groups in total. The van der Waals surface area contributed by atoms with Crippen LogP contribution in [-0.4, -0.2) is 24.3 Å². The molecule has 2 aromatic rings. The maximum atomic E-state index is 12.8. The largest absolute Gasteiger partial charge is 0.384 e. The molecular weight excluding hydrogens is 376 g/mol. The molecule has 7 nitrogen and oxygen atoms in total. The van der Waals surface area contributed by atoms with Crippen LogP contribution in [0.2, 0.25) is 0 Å². The van der Waals surface area contributed by atoms with Crippen molar-refractivity contribution in [1.82, 2.24) is 14.7 Å². The second-order valence-electron chi connectivity index (χ2n) is 7.80.